The van der Waals surface area contributed by atoms with Crippen LogP contribution in [0.2, 0.25) is 0 Å². The lowest BCUT2D eigenvalue weighted by atomic mass is 10.1. The van der Waals surface area contributed by atoms with Gasteiger partial charge in [0.25, 0.3) is 0 Å². The van der Waals surface area contributed by atoms with Gasteiger partial charge in [0, 0.05) is 13.1 Å². The second-order valence-corrected chi connectivity index (χ2v) is 7.56. The van der Waals surface area contributed by atoms with Gasteiger partial charge in [-0.05, 0) is 18.9 Å². The lowest BCUT2D eigenvalue weighted by Crippen LogP contribution is -2.40. The Bertz CT molecular complexity index is 585. The molecule has 0 atom stereocenters. The van der Waals surface area contributed by atoms with Gasteiger partial charge in [-0.2, -0.15) is 4.31 Å². The van der Waals surface area contributed by atoms with Gasteiger partial charge in [-0.25, -0.2) is 8.42 Å². The summed E-state index contributed by atoms with van der Waals surface area (Å²) in [5.74, 6) is -0.255. The summed E-state index contributed by atoms with van der Waals surface area (Å²) in [6.07, 6.45) is 4.18. The summed E-state index contributed by atoms with van der Waals surface area (Å²) >= 11 is 0. The molecule has 5 nitrogen and oxygen atoms in total. The minimum atomic E-state index is -3.43. The zero-order valence-corrected chi connectivity index (χ0v) is 14.4. The van der Waals surface area contributed by atoms with Crippen molar-refractivity contribution in [3.05, 3.63) is 35.4 Å². The molecule has 0 saturated heterocycles. The lowest BCUT2D eigenvalue weighted by Gasteiger charge is -2.19. The average molecular weight is 326 g/mol. The first-order valence-electron chi connectivity index (χ1n) is 7.60. The topological polar surface area (TPSA) is 66.5 Å². The maximum absolute atomic E-state index is 11.9. The molecule has 1 aromatic rings. The Labute approximate surface area is 133 Å². The third kappa shape index (κ3) is 7.04. The Morgan fingerprint density at radius 3 is 2.59 bits per heavy atom. The summed E-state index contributed by atoms with van der Waals surface area (Å²) < 4.78 is 25.0. The number of rotatable bonds is 9. The fourth-order valence-corrected chi connectivity index (χ4v) is 2.86. The van der Waals surface area contributed by atoms with Crippen LogP contribution in [0.1, 0.15) is 37.3 Å². The number of nitrogens with one attached hydrogen (secondary N) is 1. The highest BCUT2D eigenvalue weighted by atomic mass is 32.2. The third-order valence-electron chi connectivity index (χ3n) is 3.33. The number of nitrogens with zero attached hydrogens (tertiary/aromatic N) is 1. The number of hydrogen-bond acceptors (Lipinski definition) is 3. The standard InChI is InChI=1S/C16H26N2O3S/c1-4-5-6-10-17-16(19)13-18(22(3,20)21)12-15-9-7-8-14(2)11-15/h7-9,11H,4-6,10,12-13H2,1-3H3,(H,17,19). The van der Waals surface area contributed by atoms with Crippen LogP contribution in [0, 0.1) is 6.92 Å². The highest BCUT2D eigenvalue weighted by Gasteiger charge is 2.20. The molecule has 6 heteroatoms. The number of sulfonamides is 1. The van der Waals surface area contributed by atoms with Crippen molar-refractivity contribution >= 4 is 15.9 Å². The van der Waals surface area contributed by atoms with Crippen molar-refractivity contribution in [3.8, 4) is 0 Å². The highest BCUT2D eigenvalue weighted by Crippen LogP contribution is 2.10. The molecule has 0 spiro atoms. The number of hydrogen-bond donors (Lipinski definition) is 1. The number of aryl methyl sites for hydroxylation is 1. The smallest absolute Gasteiger partial charge is 0.235 e. The fraction of sp³-hybridized carbons (Fsp3) is 0.562. The minimum Gasteiger partial charge on any atom is -0.355 e. The Morgan fingerprint density at radius 2 is 2.00 bits per heavy atom. The molecular weight excluding hydrogens is 300 g/mol. The summed E-state index contributed by atoms with van der Waals surface area (Å²) in [5.41, 5.74) is 1.94. The maximum Gasteiger partial charge on any atom is 0.235 e. The van der Waals surface area contributed by atoms with Crippen molar-refractivity contribution < 1.29 is 13.2 Å². The number of carbonyl (C=O) groups is 1. The van der Waals surface area contributed by atoms with E-state index in [-0.39, 0.29) is 19.0 Å². The van der Waals surface area contributed by atoms with E-state index in [1.807, 2.05) is 31.2 Å². The van der Waals surface area contributed by atoms with Crippen molar-refractivity contribution in [2.75, 3.05) is 19.3 Å². The van der Waals surface area contributed by atoms with Gasteiger partial charge in [-0.15, -0.1) is 0 Å². The summed E-state index contributed by atoms with van der Waals surface area (Å²) in [7, 11) is -3.43. The van der Waals surface area contributed by atoms with E-state index in [1.165, 1.54) is 4.31 Å². The molecular formula is C16H26N2O3S. The van der Waals surface area contributed by atoms with Crippen LogP contribution in [0.4, 0.5) is 0 Å². The second-order valence-electron chi connectivity index (χ2n) is 5.58. The SMILES string of the molecule is CCCCCNC(=O)CN(Cc1cccc(C)c1)S(C)(=O)=O. The monoisotopic (exact) mass is 326 g/mol. The normalized spacial score (nSPS) is 11.6. The molecule has 0 fully saturated rings. The van der Waals surface area contributed by atoms with E-state index >= 15 is 0 Å². The quantitative estimate of drug-likeness (QED) is 0.706. The third-order valence-corrected chi connectivity index (χ3v) is 4.53. The molecule has 124 valence electrons. The van der Waals surface area contributed by atoms with Gasteiger partial charge in [0.2, 0.25) is 15.9 Å². The molecule has 0 unspecified atom stereocenters. The Balaban J connectivity index is 2.64. The fourth-order valence-electron chi connectivity index (χ4n) is 2.12. The van der Waals surface area contributed by atoms with Crippen molar-refractivity contribution in [3.63, 3.8) is 0 Å². The summed E-state index contributed by atoms with van der Waals surface area (Å²) in [6, 6.07) is 7.63. The molecule has 0 aliphatic carbocycles. The van der Waals surface area contributed by atoms with E-state index in [1.54, 1.807) is 0 Å². The van der Waals surface area contributed by atoms with Crippen molar-refractivity contribution in [1.82, 2.24) is 9.62 Å². The van der Waals surface area contributed by atoms with Crippen LogP contribution in [0.25, 0.3) is 0 Å². The Hall–Kier alpha value is -1.40. The van der Waals surface area contributed by atoms with Crippen LogP contribution < -0.4 is 5.32 Å². The molecule has 1 amide bonds. The molecule has 0 aliphatic heterocycles. The highest BCUT2D eigenvalue weighted by molar-refractivity contribution is 7.88. The van der Waals surface area contributed by atoms with Gasteiger partial charge in [0.1, 0.15) is 0 Å². The molecule has 0 radical (unpaired) electrons. The maximum atomic E-state index is 11.9. The molecule has 0 heterocycles. The molecule has 1 N–H and O–H groups in total. The van der Waals surface area contributed by atoms with Gasteiger partial charge in [-0.3, -0.25) is 4.79 Å². The Kier molecular flexibility index (Phi) is 7.55. The average Bonchev–Trinajstić information content (AvgIpc) is 2.42. The van der Waals surface area contributed by atoms with Crippen molar-refractivity contribution in [2.45, 2.75) is 39.7 Å². The van der Waals surface area contributed by atoms with Crippen molar-refractivity contribution in [2.24, 2.45) is 0 Å². The van der Waals surface area contributed by atoms with Gasteiger partial charge in [0.05, 0.1) is 12.8 Å². The minimum absolute atomic E-state index is 0.140. The molecule has 1 rings (SSSR count). The predicted molar refractivity (Wildman–Crippen MR) is 89.0 cm³/mol. The number of unbranched alkanes of at least 4 members (excludes halogenated alkanes) is 2. The largest absolute Gasteiger partial charge is 0.355 e. The predicted octanol–water partition coefficient (Wildman–Crippen LogP) is 2.06. The van der Waals surface area contributed by atoms with E-state index in [9.17, 15) is 13.2 Å². The van der Waals surface area contributed by atoms with Gasteiger partial charge < -0.3 is 5.32 Å². The van der Waals surface area contributed by atoms with E-state index in [4.69, 9.17) is 0 Å². The zero-order chi connectivity index (χ0) is 16.6. The summed E-state index contributed by atoms with van der Waals surface area (Å²) in [6.45, 7) is 4.71. The molecule has 0 saturated carbocycles. The van der Waals surface area contributed by atoms with Crippen LogP contribution in [0.5, 0.6) is 0 Å². The Morgan fingerprint density at radius 1 is 1.27 bits per heavy atom. The summed E-state index contributed by atoms with van der Waals surface area (Å²) in [5, 5.41) is 2.77. The summed E-state index contributed by atoms with van der Waals surface area (Å²) in [4.78, 5) is 11.9. The molecule has 22 heavy (non-hydrogen) atoms. The van der Waals surface area contributed by atoms with Crippen LogP contribution in [-0.4, -0.2) is 38.0 Å². The lowest BCUT2D eigenvalue weighted by molar-refractivity contribution is -0.121. The first-order valence-corrected chi connectivity index (χ1v) is 9.45. The van der Waals surface area contributed by atoms with Crippen LogP contribution in [-0.2, 0) is 21.4 Å². The van der Waals surface area contributed by atoms with E-state index in [0.717, 1.165) is 36.6 Å². The number of benzene rings is 1. The van der Waals surface area contributed by atoms with Crippen LogP contribution in [0.15, 0.2) is 24.3 Å². The van der Waals surface area contributed by atoms with Crippen LogP contribution in [0.3, 0.4) is 0 Å². The number of amides is 1. The first-order chi connectivity index (χ1) is 10.3. The van der Waals surface area contributed by atoms with E-state index < -0.39 is 10.0 Å². The molecule has 0 aromatic heterocycles. The zero-order valence-electron chi connectivity index (χ0n) is 13.6. The molecule has 1 aromatic carbocycles. The van der Waals surface area contributed by atoms with Crippen LogP contribution >= 0.6 is 0 Å². The first kappa shape index (κ1) is 18.6. The van der Waals surface area contributed by atoms with E-state index in [2.05, 4.69) is 12.2 Å². The number of carbonyl (C=O) groups excluding carboxylic acids is 1. The van der Waals surface area contributed by atoms with Gasteiger partial charge in [-0.1, -0.05) is 49.6 Å². The van der Waals surface area contributed by atoms with E-state index in [0.29, 0.717) is 6.54 Å². The molecule has 0 bridgehead atoms. The van der Waals surface area contributed by atoms with Gasteiger partial charge >= 0.3 is 0 Å². The van der Waals surface area contributed by atoms with Gasteiger partial charge in [0.15, 0.2) is 0 Å². The van der Waals surface area contributed by atoms with Crippen molar-refractivity contribution in [1.29, 1.82) is 0 Å². The second kappa shape index (κ2) is 8.90. The molecule has 0 aliphatic rings.